The Morgan fingerprint density at radius 3 is 2.34 bits per heavy atom. The molecule has 2 aromatic rings. The molecule has 0 fully saturated rings. The van der Waals surface area contributed by atoms with Crippen LogP contribution in [0.1, 0.15) is 32.2 Å². The maximum atomic E-state index is 13.0. The van der Waals surface area contributed by atoms with E-state index in [1.54, 1.807) is 34.6 Å². The number of carbonyl (C=O) groups excluding carboxylic acids is 1. The molecule has 0 radical (unpaired) electrons. The van der Waals surface area contributed by atoms with E-state index in [-0.39, 0.29) is 28.6 Å². The van der Waals surface area contributed by atoms with Crippen molar-refractivity contribution < 1.29 is 22.9 Å². The van der Waals surface area contributed by atoms with E-state index in [1.165, 1.54) is 16.8 Å². The van der Waals surface area contributed by atoms with Crippen molar-refractivity contribution in [3.63, 3.8) is 0 Å². The first-order chi connectivity index (χ1) is 13.3. The van der Waals surface area contributed by atoms with Crippen LogP contribution in [0.25, 0.3) is 0 Å². The minimum atomic E-state index is -3.91. The van der Waals surface area contributed by atoms with E-state index in [4.69, 9.17) is 4.74 Å². The van der Waals surface area contributed by atoms with Crippen LogP contribution in [0.5, 0.6) is 0 Å². The van der Waals surface area contributed by atoms with Crippen molar-refractivity contribution in [2.75, 3.05) is 6.54 Å². The Labute approximate surface area is 168 Å². The van der Waals surface area contributed by atoms with E-state index in [0.717, 1.165) is 12.1 Å². The van der Waals surface area contributed by atoms with Gasteiger partial charge in [-0.1, -0.05) is 0 Å². The topological polar surface area (TPSA) is 133 Å². The van der Waals surface area contributed by atoms with Gasteiger partial charge in [0.25, 0.3) is 5.69 Å². The Hall–Kier alpha value is -2.95. The summed E-state index contributed by atoms with van der Waals surface area (Å²) < 4.78 is 32.6. The highest BCUT2D eigenvalue weighted by molar-refractivity contribution is 7.91. The lowest BCUT2D eigenvalue weighted by atomic mass is 10.2. The van der Waals surface area contributed by atoms with Gasteiger partial charge in [-0.25, -0.2) is 13.2 Å². The summed E-state index contributed by atoms with van der Waals surface area (Å²) in [7, 11) is -3.91. The van der Waals surface area contributed by atoms with Gasteiger partial charge >= 0.3 is 6.09 Å². The average molecular weight is 424 g/mol. The molecule has 0 unspecified atom stereocenters. The van der Waals surface area contributed by atoms with Crippen LogP contribution in [0.4, 0.5) is 10.5 Å². The van der Waals surface area contributed by atoms with Gasteiger partial charge in [-0.3, -0.25) is 14.8 Å². The Morgan fingerprint density at radius 2 is 1.83 bits per heavy atom. The Kier molecular flexibility index (Phi) is 6.31. The zero-order chi connectivity index (χ0) is 22.0. The predicted molar refractivity (Wildman–Crippen MR) is 104 cm³/mol. The second kappa shape index (κ2) is 8.19. The Bertz CT molecular complexity index is 1020. The number of rotatable bonds is 6. The Morgan fingerprint density at radius 1 is 1.24 bits per heavy atom. The summed E-state index contributed by atoms with van der Waals surface area (Å²) in [6, 6.07) is 4.70. The Balaban J connectivity index is 2.20. The summed E-state index contributed by atoms with van der Waals surface area (Å²) in [6.07, 6.45) is -0.572. The van der Waals surface area contributed by atoms with E-state index in [9.17, 15) is 23.3 Å². The maximum absolute atomic E-state index is 13.0. The summed E-state index contributed by atoms with van der Waals surface area (Å²) in [5.41, 5.74) is -0.0971. The highest BCUT2D eigenvalue weighted by Gasteiger charge is 2.27. The predicted octanol–water partition coefficient (Wildman–Crippen LogP) is 2.77. The molecule has 1 aromatic carbocycles. The lowest BCUT2D eigenvalue weighted by molar-refractivity contribution is -0.384. The SMILES string of the molecule is Cc1nn(CCNC(=O)OC(C)(C)C)c(C)c1S(=O)(=O)c1ccc([N+](=O)[O-])cc1. The van der Waals surface area contributed by atoms with Crippen LogP contribution in [-0.2, 0) is 21.1 Å². The zero-order valence-corrected chi connectivity index (χ0v) is 17.7. The van der Waals surface area contributed by atoms with Crippen molar-refractivity contribution in [1.82, 2.24) is 15.1 Å². The molecule has 1 aromatic heterocycles. The van der Waals surface area contributed by atoms with E-state index in [1.807, 2.05) is 0 Å². The number of carbonyl (C=O) groups is 1. The van der Waals surface area contributed by atoms with Crippen LogP contribution in [0.15, 0.2) is 34.1 Å². The number of aryl methyl sites for hydroxylation is 1. The van der Waals surface area contributed by atoms with Gasteiger partial charge in [-0.2, -0.15) is 5.10 Å². The smallest absolute Gasteiger partial charge is 0.407 e. The van der Waals surface area contributed by atoms with Crippen molar-refractivity contribution >= 4 is 21.6 Å². The monoisotopic (exact) mass is 424 g/mol. The zero-order valence-electron chi connectivity index (χ0n) is 16.9. The van der Waals surface area contributed by atoms with E-state index >= 15 is 0 Å². The molecule has 29 heavy (non-hydrogen) atoms. The largest absolute Gasteiger partial charge is 0.444 e. The standard InChI is InChI=1S/C18H24N4O6S/c1-12-16(29(26,27)15-8-6-14(7-9-15)22(24)25)13(2)21(20-12)11-10-19-17(23)28-18(3,4)5/h6-9H,10-11H2,1-5H3,(H,19,23). The van der Waals surface area contributed by atoms with Crippen LogP contribution >= 0.6 is 0 Å². The fourth-order valence-electron chi connectivity index (χ4n) is 2.73. The van der Waals surface area contributed by atoms with Gasteiger partial charge in [0.2, 0.25) is 9.84 Å². The summed E-state index contributed by atoms with van der Waals surface area (Å²) in [6.45, 7) is 8.90. The second-order valence-corrected chi connectivity index (χ2v) is 9.29. The van der Waals surface area contributed by atoms with E-state index in [0.29, 0.717) is 11.4 Å². The van der Waals surface area contributed by atoms with Crippen molar-refractivity contribution in [3.05, 3.63) is 45.8 Å². The molecular formula is C18H24N4O6S. The highest BCUT2D eigenvalue weighted by Crippen LogP contribution is 2.28. The van der Waals surface area contributed by atoms with E-state index < -0.39 is 26.5 Å². The summed E-state index contributed by atoms with van der Waals surface area (Å²) in [4.78, 5) is 21.9. The number of hydrogen-bond donors (Lipinski definition) is 1. The van der Waals surface area contributed by atoms with Crippen LogP contribution in [-0.4, -0.2) is 41.4 Å². The third-order valence-corrected chi connectivity index (χ3v) is 5.95. The van der Waals surface area contributed by atoms with Crippen LogP contribution in [0.2, 0.25) is 0 Å². The molecule has 0 bridgehead atoms. The fraction of sp³-hybridized carbons (Fsp3) is 0.444. The number of nitrogens with one attached hydrogen (secondary N) is 1. The summed E-state index contributed by atoms with van der Waals surface area (Å²) in [5, 5.41) is 17.6. The van der Waals surface area contributed by atoms with Crippen LogP contribution in [0.3, 0.4) is 0 Å². The lowest BCUT2D eigenvalue weighted by Gasteiger charge is -2.19. The first-order valence-corrected chi connectivity index (χ1v) is 10.3. The molecule has 1 heterocycles. The summed E-state index contributed by atoms with van der Waals surface area (Å²) >= 11 is 0. The molecule has 1 N–H and O–H groups in total. The molecule has 0 aliphatic heterocycles. The van der Waals surface area contributed by atoms with Gasteiger partial charge in [-0.15, -0.1) is 0 Å². The highest BCUT2D eigenvalue weighted by atomic mass is 32.2. The molecular weight excluding hydrogens is 400 g/mol. The number of amides is 1. The van der Waals surface area contributed by atoms with Gasteiger partial charge < -0.3 is 10.1 Å². The third-order valence-electron chi connectivity index (χ3n) is 3.93. The molecule has 0 saturated heterocycles. The number of ether oxygens (including phenoxy) is 1. The first-order valence-electron chi connectivity index (χ1n) is 8.83. The number of sulfone groups is 1. The van der Waals surface area contributed by atoms with Crippen molar-refractivity contribution in [3.8, 4) is 0 Å². The van der Waals surface area contributed by atoms with Crippen molar-refractivity contribution in [2.45, 2.75) is 56.6 Å². The normalized spacial score (nSPS) is 11.9. The maximum Gasteiger partial charge on any atom is 0.407 e. The summed E-state index contributed by atoms with van der Waals surface area (Å²) in [5.74, 6) is 0. The molecule has 11 heteroatoms. The molecule has 158 valence electrons. The van der Waals surface area contributed by atoms with Gasteiger partial charge in [-0.05, 0) is 46.8 Å². The number of hydrogen-bond acceptors (Lipinski definition) is 7. The molecule has 0 saturated carbocycles. The number of alkyl carbamates (subject to hydrolysis) is 1. The van der Waals surface area contributed by atoms with Crippen LogP contribution < -0.4 is 5.32 Å². The number of benzene rings is 1. The second-order valence-electron chi connectivity index (χ2n) is 7.41. The minimum Gasteiger partial charge on any atom is -0.444 e. The number of nitro groups is 1. The molecule has 0 atom stereocenters. The number of nitro benzene ring substituents is 1. The van der Waals surface area contributed by atoms with Crippen molar-refractivity contribution in [2.24, 2.45) is 0 Å². The van der Waals surface area contributed by atoms with E-state index in [2.05, 4.69) is 10.4 Å². The third kappa shape index (κ3) is 5.31. The molecule has 0 aliphatic rings. The fourth-order valence-corrected chi connectivity index (χ4v) is 4.38. The molecule has 0 aliphatic carbocycles. The minimum absolute atomic E-state index is 0.0450. The van der Waals surface area contributed by atoms with Crippen LogP contribution in [0, 0.1) is 24.0 Å². The molecule has 1 amide bonds. The number of nitrogens with zero attached hydrogens (tertiary/aromatic N) is 3. The molecule has 2 rings (SSSR count). The van der Waals surface area contributed by atoms with Crippen molar-refractivity contribution in [1.29, 1.82) is 0 Å². The number of aromatic nitrogens is 2. The lowest BCUT2D eigenvalue weighted by Crippen LogP contribution is -2.34. The van der Waals surface area contributed by atoms with Gasteiger partial charge in [0.05, 0.1) is 27.8 Å². The number of non-ortho nitro benzene ring substituents is 1. The molecule has 0 spiro atoms. The first kappa shape index (κ1) is 22.3. The van der Waals surface area contributed by atoms with Gasteiger partial charge in [0, 0.05) is 18.7 Å². The average Bonchev–Trinajstić information content (AvgIpc) is 2.87. The quantitative estimate of drug-likeness (QED) is 0.556. The molecule has 10 nitrogen and oxygen atoms in total. The van der Waals surface area contributed by atoms with Gasteiger partial charge in [0.15, 0.2) is 0 Å². The van der Waals surface area contributed by atoms with Gasteiger partial charge in [0.1, 0.15) is 10.5 Å².